The van der Waals surface area contributed by atoms with Crippen LogP contribution in [0.1, 0.15) is 45.4 Å². The number of piperidine rings is 2. The van der Waals surface area contributed by atoms with E-state index >= 15 is 0 Å². The molecule has 2 heterocycles. The van der Waals surface area contributed by atoms with Crippen LogP contribution in [0.15, 0.2) is 0 Å². The van der Waals surface area contributed by atoms with E-state index in [0.29, 0.717) is 11.9 Å². The Morgan fingerprint density at radius 2 is 2.00 bits per heavy atom. The fourth-order valence-corrected chi connectivity index (χ4v) is 2.69. The van der Waals surface area contributed by atoms with Gasteiger partial charge in [0, 0.05) is 12.6 Å². The summed E-state index contributed by atoms with van der Waals surface area (Å²) in [4.78, 5) is 14.3. The second-order valence-electron chi connectivity index (χ2n) is 4.88. The van der Waals surface area contributed by atoms with Gasteiger partial charge in [-0.1, -0.05) is 6.42 Å². The molecule has 0 aliphatic carbocycles. The quantitative estimate of drug-likeness (QED) is 0.712. The van der Waals surface area contributed by atoms with Crippen molar-refractivity contribution in [2.75, 3.05) is 13.1 Å². The summed E-state index contributed by atoms with van der Waals surface area (Å²) in [7, 11) is 0. The zero-order chi connectivity index (χ0) is 10.7. The molecule has 2 saturated heterocycles. The van der Waals surface area contributed by atoms with Gasteiger partial charge < -0.3 is 10.2 Å². The first-order valence-electron chi connectivity index (χ1n) is 6.33. The molecule has 0 aromatic carbocycles. The van der Waals surface area contributed by atoms with Gasteiger partial charge >= 0.3 is 0 Å². The summed E-state index contributed by atoms with van der Waals surface area (Å²) in [6.07, 6.45) is 7.09. The molecule has 0 aromatic heterocycles. The van der Waals surface area contributed by atoms with Crippen molar-refractivity contribution in [2.45, 2.75) is 57.5 Å². The van der Waals surface area contributed by atoms with E-state index in [0.717, 1.165) is 19.5 Å². The number of carbonyl (C=O) groups is 1. The average Bonchev–Trinajstić information content (AvgIpc) is 2.30. The summed E-state index contributed by atoms with van der Waals surface area (Å²) in [6, 6.07) is 0.564. The maximum atomic E-state index is 12.2. The molecule has 0 spiro atoms. The highest BCUT2D eigenvalue weighted by Crippen LogP contribution is 2.19. The Kier molecular flexibility index (Phi) is 3.62. The zero-order valence-corrected chi connectivity index (χ0v) is 9.67. The number of amides is 1. The summed E-state index contributed by atoms with van der Waals surface area (Å²) in [5.74, 6) is 0.349. The summed E-state index contributed by atoms with van der Waals surface area (Å²) in [5, 5.41) is 3.35. The standard InChI is InChI=1S/C12H22N2O/c1-10-6-3-5-9-14(10)12(15)11-7-2-4-8-13-11/h10-11,13H,2-9H2,1H3/t10-,11-/m1/s1. The molecule has 1 N–H and O–H groups in total. The third kappa shape index (κ3) is 2.51. The maximum absolute atomic E-state index is 12.2. The molecule has 3 heteroatoms. The van der Waals surface area contributed by atoms with Crippen LogP contribution >= 0.6 is 0 Å². The molecule has 86 valence electrons. The molecule has 0 radical (unpaired) electrons. The molecular formula is C12H22N2O. The predicted octanol–water partition coefficient (Wildman–Crippen LogP) is 1.53. The van der Waals surface area contributed by atoms with E-state index in [9.17, 15) is 4.79 Å². The summed E-state index contributed by atoms with van der Waals surface area (Å²) in [5.41, 5.74) is 0. The highest BCUT2D eigenvalue weighted by molar-refractivity contribution is 5.82. The lowest BCUT2D eigenvalue weighted by Gasteiger charge is -2.37. The second-order valence-corrected chi connectivity index (χ2v) is 4.88. The monoisotopic (exact) mass is 210 g/mol. The van der Waals surface area contributed by atoms with Crippen LogP contribution in [-0.4, -0.2) is 36.0 Å². The first-order chi connectivity index (χ1) is 7.29. The van der Waals surface area contributed by atoms with E-state index in [1.165, 1.54) is 32.1 Å². The SMILES string of the molecule is C[C@@H]1CCCCN1C(=O)[C@H]1CCCCN1. The lowest BCUT2D eigenvalue weighted by molar-refractivity contribution is -0.137. The van der Waals surface area contributed by atoms with Crippen molar-refractivity contribution in [1.29, 1.82) is 0 Å². The van der Waals surface area contributed by atoms with Gasteiger partial charge in [-0.3, -0.25) is 4.79 Å². The van der Waals surface area contributed by atoms with Crippen LogP contribution in [-0.2, 0) is 4.79 Å². The minimum absolute atomic E-state index is 0.110. The van der Waals surface area contributed by atoms with E-state index in [4.69, 9.17) is 0 Å². The third-order valence-corrected chi connectivity index (χ3v) is 3.69. The van der Waals surface area contributed by atoms with Crippen LogP contribution in [0, 0.1) is 0 Å². The number of hydrogen-bond donors (Lipinski definition) is 1. The fraction of sp³-hybridized carbons (Fsp3) is 0.917. The van der Waals surface area contributed by atoms with Crippen LogP contribution in [0.3, 0.4) is 0 Å². The van der Waals surface area contributed by atoms with Crippen LogP contribution in [0.4, 0.5) is 0 Å². The second kappa shape index (κ2) is 4.97. The Balaban J connectivity index is 1.92. The van der Waals surface area contributed by atoms with Gasteiger partial charge in [0.05, 0.1) is 6.04 Å². The zero-order valence-electron chi connectivity index (χ0n) is 9.67. The van der Waals surface area contributed by atoms with Gasteiger partial charge in [-0.15, -0.1) is 0 Å². The van der Waals surface area contributed by atoms with Gasteiger partial charge in [0.25, 0.3) is 0 Å². The Hall–Kier alpha value is -0.570. The Bertz CT molecular complexity index is 224. The first kappa shape index (κ1) is 10.9. The molecule has 2 atom stereocenters. The Morgan fingerprint density at radius 3 is 2.67 bits per heavy atom. The van der Waals surface area contributed by atoms with Gasteiger partial charge in [-0.2, -0.15) is 0 Å². The van der Waals surface area contributed by atoms with Gasteiger partial charge in [0.1, 0.15) is 0 Å². The third-order valence-electron chi connectivity index (χ3n) is 3.69. The van der Waals surface area contributed by atoms with Gasteiger partial charge in [-0.25, -0.2) is 0 Å². The number of hydrogen-bond acceptors (Lipinski definition) is 2. The van der Waals surface area contributed by atoms with Crippen LogP contribution < -0.4 is 5.32 Å². The highest BCUT2D eigenvalue weighted by atomic mass is 16.2. The summed E-state index contributed by atoms with van der Waals surface area (Å²) < 4.78 is 0. The molecule has 0 unspecified atom stereocenters. The van der Waals surface area contributed by atoms with Crippen LogP contribution in [0.5, 0.6) is 0 Å². The molecule has 0 aromatic rings. The molecular weight excluding hydrogens is 188 g/mol. The van der Waals surface area contributed by atoms with Gasteiger partial charge in [0.2, 0.25) is 5.91 Å². The number of rotatable bonds is 1. The first-order valence-corrected chi connectivity index (χ1v) is 6.33. The van der Waals surface area contributed by atoms with Crippen LogP contribution in [0.25, 0.3) is 0 Å². The van der Waals surface area contributed by atoms with Crippen molar-refractivity contribution >= 4 is 5.91 Å². The van der Waals surface area contributed by atoms with E-state index in [1.807, 2.05) is 0 Å². The molecule has 2 fully saturated rings. The fourth-order valence-electron chi connectivity index (χ4n) is 2.69. The van der Waals surface area contributed by atoms with Crippen molar-refractivity contribution in [1.82, 2.24) is 10.2 Å². The molecule has 2 rings (SSSR count). The Labute approximate surface area is 92.2 Å². The van der Waals surface area contributed by atoms with E-state index in [1.54, 1.807) is 0 Å². The minimum Gasteiger partial charge on any atom is -0.339 e. The van der Waals surface area contributed by atoms with Crippen LogP contribution in [0.2, 0.25) is 0 Å². The Morgan fingerprint density at radius 1 is 1.20 bits per heavy atom. The minimum atomic E-state index is 0.110. The largest absolute Gasteiger partial charge is 0.339 e. The molecule has 0 bridgehead atoms. The van der Waals surface area contributed by atoms with E-state index in [2.05, 4.69) is 17.1 Å². The summed E-state index contributed by atoms with van der Waals surface area (Å²) >= 11 is 0. The lowest BCUT2D eigenvalue weighted by atomic mass is 9.99. The number of likely N-dealkylation sites (tertiary alicyclic amines) is 1. The topological polar surface area (TPSA) is 32.3 Å². The van der Waals surface area contributed by atoms with Crippen molar-refractivity contribution in [3.8, 4) is 0 Å². The number of nitrogens with zero attached hydrogens (tertiary/aromatic N) is 1. The van der Waals surface area contributed by atoms with Gasteiger partial charge in [-0.05, 0) is 45.6 Å². The molecule has 0 saturated carbocycles. The van der Waals surface area contributed by atoms with Gasteiger partial charge in [0.15, 0.2) is 0 Å². The average molecular weight is 210 g/mol. The number of nitrogens with one attached hydrogen (secondary N) is 1. The molecule has 1 amide bonds. The van der Waals surface area contributed by atoms with E-state index in [-0.39, 0.29) is 6.04 Å². The van der Waals surface area contributed by atoms with Crippen molar-refractivity contribution < 1.29 is 4.79 Å². The highest BCUT2D eigenvalue weighted by Gasteiger charge is 2.29. The molecule has 3 nitrogen and oxygen atoms in total. The smallest absolute Gasteiger partial charge is 0.239 e. The number of carbonyl (C=O) groups excluding carboxylic acids is 1. The van der Waals surface area contributed by atoms with Crippen molar-refractivity contribution in [3.63, 3.8) is 0 Å². The molecule has 15 heavy (non-hydrogen) atoms. The molecule has 2 aliphatic rings. The van der Waals surface area contributed by atoms with Crippen molar-refractivity contribution in [2.24, 2.45) is 0 Å². The lowest BCUT2D eigenvalue weighted by Crippen LogP contribution is -2.52. The molecule has 2 aliphatic heterocycles. The summed E-state index contributed by atoms with van der Waals surface area (Å²) in [6.45, 7) is 4.16. The van der Waals surface area contributed by atoms with Crippen molar-refractivity contribution in [3.05, 3.63) is 0 Å². The predicted molar refractivity (Wildman–Crippen MR) is 60.7 cm³/mol. The normalized spacial score (nSPS) is 32.7. The van der Waals surface area contributed by atoms with E-state index < -0.39 is 0 Å². The maximum Gasteiger partial charge on any atom is 0.239 e.